The molecule has 0 spiro atoms. The van der Waals surface area contributed by atoms with Crippen LogP contribution in [0.25, 0.3) is 0 Å². The van der Waals surface area contributed by atoms with Crippen LogP contribution in [-0.2, 0) is 13.0 Å². The summed E-state index contributed by atoms with van der Waals surface area (Å²) < 4.78 is 9.97. The smallest absolute Gasteiger partial charge is 0.276 e. The third-order valence-electron chi connectivity index (χ3n) is 2.83. The van der Waals surface area contributed by atoms with Gasteiger partial charge >= 0.3 is 0 Å². The summed E-state index contributed by atoms with van der Waals surface area (Å²) in [5.74, 6) is 1.38. The Labute approximate surface area is 97.2 Å². The molecule has 88 valence electrons. The number of hydrogen-bond donors (Lipinski definition) is 0. The molecule has 3 heterocycles. The molecule has 0 saturated heterocycles. The Balaban J connectivity index is 1.81. The van der Waals surface area contributed by atoms with Crippen LogP contribution in [0.4, 0.5) is 0 Å². The fourth-order valence-electron chi connectivity index (χ4n) is 1.94. The van der Waals surface area contributed by atoms with E-state index in [-0.39, 0.29) is 5.91 Å². The van der Waals surface area contributed by atoms with Crippen LogP contribution < -0.4 is 0 Å². The molecule has 0 aromatic carbocycles. The van der Waals surface area contributed by atoms with Crippen LogP contribution in [0.3, 0.4) is 0 Å². The number of rotatable bonds is 1. The van der Waals surface area contributed by atoms with Crippen molar-refractivity contribution < 1.29 is 13.8 Å². The summed E-state index contributed by atoms with van der Waals surface area (Å²) in [6.45, 7) is 2.90. The number of carbonyl (C=O) groups is 1. The molecular formula is C11H11N3O3. The van der Waals surface area contributed by atoms with Crippen molar-refractivity contribution in [2.45, 2.75) is 19.9 Å². The summed E-state index contributed by atoms with van der Waals surface area (Å²) in [4.78, 5) is 13.8. The van der Waals surface area contributed by atoms with E-state index in [0.717, 1.165) is 11.3 Å². The summed E-state index contributed by atoms with van der Waals surface area (Å²) in [5.41, 5.74) is 1.31. The molecule has 1 aliphatic rings. The fraction of sp³-hybridized carbons (Fsp3) is 0.364. The predicted octanol–water partition coefficient (Wildman–Crippen LogP) is 1.17. The van der Waals surface area contributed by atoms with Crippen molar-refractivity contribution in [3.8, 4) is 0 Å². The molecule has 3 rings (SSSR count). The Hall–Kier alpha value is -2.11. The normalized spacial score (nSPS) is 14.8. The van der Waals surface area contributed by atoms with Crippen LogP contribution >= 0.6 is 0 Å². The first-order valence-electron chi connectivity index (χ1n) is 5.39. The van der Waals surface area contributed by atoms with E-state index in [0.29, 0.717) is 31.0 Å². The number of fused-ring (bicyclic) bond motifs is 1. The molecule has 1 amide bonds. The van der Waals surface area contributed by atoms with Gasteiger partial charge in [0.25, 0.3) is 5.91 Å². The second-order valence-corrected chi connectivity index (χ2v) is 4.07. The van der Waals surface area contributed by atoms with Crippen molar-refractivity contribution in [1.82, 2.24) is 15.2 Å². The fourth-order valence-corrected chi connectivity index (χ4v) is 1.94. The van der Waals surface area contributed by atoms with E-state index in [1.807, 2.05) is 0 Å². The number of hydrogen-bond acceptors (Lipinski definition) is 5. The van der Waals surface area contributed by atoms with E-state index in [2.05, 4.69) is 10.3 Å². The number of nitrogens with zero attached hydrogens (tertiary/aromatic N) is 3. The highest BCUT2D eigenvalue weighted by Crippen LogP contribution is 2.19. The van der Waals surface area contributed by atoms with Gasteiger partial charge < -0.3 is 13.9 Å². The van der Waals surface area contributed by atoms with E-state index in [1.54, 1.807) is 24.1 Å². The molecule has 1 aliphatic heterocycles. The molecule has 17 heavy (non-hydrogen) atoms. The maximum atomic E-state index is 12.1. The second-order valence-electron chi connectivity index (χ2n) is 4.07. The Kier molecular flexibility index (Phi) is 2.21. The number of carbonyl (C=O) groups excluding carboxylic acids is 1. The highest BCUT2D eigenvalue weighted by Gasteiger charge is 2.25. The van der Waals surface area contributed by atoms with Gasteiger partial charge in [0.2, 0.25) is 0 Å². The van der Waals surface area contributed by atoms with Gasteiger partial charge in [0.1, 0.15) is 11.5 Å². The Morgan fingerprint density at radius 2 is 2.35 bits per heavy atom. The highest BCUT2D eigenvalue weighted by atomic mass is 16.5. The van der Waals surface area contributed by atoms with Gasteiger partial charge in [-0.25, -0.2) is 0 Å². The van der Waals surface area contributed by atoms with E-state index in [9.17, 15) is 4.79 Å². The van der Waals surface area contributed by atoms with Gasteiger partial charge in [0.15, 0.2) is 5.69 Å². The van der Waals surface area contributed by atoms with Crippen LogP contribution in [0, 0.1) is 6.92 Å². The molecule has 6 nitrogen and oxygen atoms in total. The average molecular weight is 233 g/mol. The highest BCUT2D eigenvalue weighted by molar-refractivity contribution is 5.92. The van der Waals surface area contributed by atoms with Crippen molar-refractivity contribution >= 4 is 5.91 Å². The van der Waals surface area contributed by atoms with Crippen LogP contribution in [0.1, 0.15) is 27.6 Å². The van der Waals surface area contributed by atoms with Gasteiger partial charge in [0.05, 0.1) is 12.7 Å². The molecule has 0 fully saturated rings. The lowest BCUT2D eigenvalue weighted by atomic mass is 10.1. The predicted molar refractivity (Wildman–Crippen MR) is 56.2 cm³/mol. The molecule has 0 saturated carbocycles. The van der Waals surface area contributed by atoms with Crippen molar-refractivity contribution in [3.63, 3.8) is 0 Å². The Morgan fingerprint density at radius 3 is 3.12 bits per heavy atom. The largest absolute Gasteiger partial charge is 0.361 e. The summed E-state index contributed by atoms with van der Waals surface area (Å²) in [6, 6.07) is 1.64. The van der Waals surface area contributed by atoms with Crippen molar-refractivity contribution in [2.75, 3.05) is 6.54 Å². The minimum absolute atomic E-state index is 0.117. The average Bonchev–Trinajstić information content (AvgIpc) is 2.95. The molecule has 2 aromatic rings. The van der Waals surface area contributed by atoms with Gasteiger partial charge in [-0.1, -0.05) is 10.3 Å². The maximum absolute atomic E-state index is 12.1. The van der Waals surface area contributed by atoms with E-state index >= 15 is 0 Å². The molecule has 0 unspecified atom stereocenters. The summed E-state index contributed by atoms with van der Waals surface area (Å²) >= 11 is 0. The van der Waals surface area contributed by atoms with Crippen LogP contribution in [-0.4, -0.2) is 27.7 Å². The van der Waals surface area contributed by atoms with Crippen molar-refractivity contribution in [2.24, 2.45) is 0 Å². The van der Waals surface area contributed by atoms with Crippen LogP contribution in [0.15, 0.2) is 21.3 Å². The third kappa shape index (κ3) is 1.71. The van der Waals surface area contributed by atoms with E-state index in [1.165, 1.54) is 0 Å². The summed E-state index contributed by atoms with van der Waals surface area (Å²) in [5, 5.41) is 7.46. The second kappa shape index (κ2) is 3.73. The minimum atomic E-state index is -0.117. The zero-order valence-electron chi connectivity index (χ0n) is 9.34. The Morgan fingerprint density at radius 1 is 1.47 bits per heavy atom. The van der Waals surface area contributed by atoms with Crippen molar-refractivity contribution in [3.05, 3.63) is 35.0 Å². The first kappa shape index (κ1) is 10.1. The van der Waals surface area contributed by atoms with Crippen LogP contribution in [0.2, 0.25) is 0 Å². The molecule has 0 aliphatic carbocycles. The maximum Gasteiger partial charge on any atom is 0.276 e. The molecular weight excluding hydrogens is 222 g/mol. The first-order valence-corrected chi connectivity index (χ1v) is 5.39. The lowest BCUT2D eigenvalue weighted by molar-refractivity contribution is 0.0718. The molecule has 0 radical (unpaired) electrons. The molecule has 6 heteroatoms. The molecule has 0 atom stereocenters. The lowest BCUT2D eigenvalue weighted by Crippen LogP contribution is -2.35. The molecule has 2 aromatic heterocycles. The molecule has 0 N–H and O–H groups in total. The van der Waals surface area contributed by atoms with Gasteiger partial charge in [-0.2, -0.15) is 0 Å². The topological polar surface area (TPSA) is 72.4 Å². The summed E-state index contributed by atoms with van der Waals surface area (Å²) in [6.07, 6.45) is 2.35. The Bertz CT molecular complexity index is 558. The zero-order valence-corrected chi connectivity index (χ0v) is 9.34. The lowest BCUT2D eigenvalue weighted by Gasteiger charge is -2.24. The first-order chi connectivity index (χ1) is 8.24. The van der Waals surface area contributed by atoms with Gasteiger partial charge in [0, 0.05) is 24.6 Å². The standard InChI is InChI=1S/C11H11N3O3/c1-7-4-9(13-16-7)11(15)14-3-2-10-8(6-14)5-12-17-10/h4-5H,2-3,6H2,1H3. The van der Waals surface area contributed by atoms with Gasteiger partial charge in [-0.15, -0.1) is 0 Å². The van der Waals surface area contributed by atoms with Gasteiger partial charge in [-0.05, 0) is 6.92 Å². The van der Waals surface area contributed by atoms with E-state index in [4.69, 9.17) is 9.05 Å². The van der Waals surface area contributed by atoms with Crippen molar-refractivity contribution in [1.29, 1.82) is 0 Å². The SMILES string of the molecule is Cc1cc(C(=O)N2CCc3oncc3C2)no1. The molecule has 0 bridgehead atoms. The number of aryl methyl sites for hydroxylation is 1. The number of amides is 1. The summed E-state index contributed by atoms with van der Waals surface area (Å²) in [7, 11) is 0. The quantitative estimate of drug-likeness (QED) is 0.739. The zero-order chi connectivity index (χ0) is 11.8. The van der Waals surface area contributed by atoms with Crippen LogP contribution in [0.5, 0.6) is 0 Å². The van der Waals surface area contributed by atoms with Gasteiger partial charge in [-0.3, -0.25) is 4.79 Å². The number of aromatic nitrogens is 2. The minimum Gasteiger partial charge on any atom is -0.361 e. The third-order valence-corrected chi connectivity index (χ3v) is 2.83. The monoisotopic (exact) mass is 233 g/mol. The van der Waals surface area contributed by atoms with E-state index < -0.39 is 0 Å².